The summed E-state index contributed by atoms with van der Waals surface area (Å²) in [5, 5.41) is 3.12. The number of anilines is 3. The Bertz CT molecular complexity index is 600. The average Bonchev–Trinajstić information content (AvgIpc) is 2.49. The first kappa shape index (κ1) is 13.6. The van der Waals surface area contributed by atoms with Crippen molar-refractivity contribution in [2.24, 2.45) is 0 Å². The first-order valence-electron chi connectivity index (χ1n) is 6.99. The molecule has 0 spiro atoms. The van der Waals surface area contributed by atoms with E-state index in [1.807, 2.05) is 24.3 Å². The van der Waals surface area contributed by atoms with Gasteiger partial charge in [-0.15, -0.1) is 0 Å². The minimum absolute atomic E-state index is 0.220. The van der Waals surface area contributed by atoms with E-state index in [1.54, 1.807) is 12.3 Å². The van der Waals surface area contributed by atoms with Gasteiger partial charge >= 0.3 is 0 Å². The zero-order valence-corrected chi connectivity index (χ0v) is 11.7. The number of hydrogen-bond donors (Lipinski definition) is 2. The summed E-state index contributed by atoms with van der Waals surface area (Å²) in [4.78, 5) is 8.23. The molecule has 0 bridgehead atoms. The second-order valence-electron chi connectivity index (χ2n) is 4.89. The van der Waals surface area contributed by atoms with Gasteiger partial charge in [-0.25, -0.2) is 4.98 Å². The quantitative estimate of drug-likeness (QED) is 0.898. The molecule has 0 amide bonds. The van der Waals surface area contributed by atoms with Crippen LogP contribution in [0, 0.1) is 0 Å². The largest absolute Gasteiger partial charge is 0.490 e. The Hall–Kier alpha value is -2.34. The van der Waals surface area contributed by atoms with E-state index in [2.05, 4.69) is 15.3 Å². The number of hydrogen-bond acceptors (Lipinski definition) is 6. The van der Waals surface area contributed by atoms with Crippen LogP contribution in [0.3, 0.4) is 0 Å². The standard InChI is InChI=1S/C15H18N4O2/c16-14-4-7-17-15(19-14)18-11-2-1-3-13(10-11)21-12-5-8-20-9-6-12/h1-4,7,10,12H,5-6,8-9H2,(H3,16,17,18,19). The van der Waals surface area contributed by atoms with Crippen LogP contribution in [-0.2, 0) is 4.74 Å². The fourth-order valence-electron chi connectivity index (χ4n) is 2.20. The van der Waals surface area contributed by atoms with Crippen LogP contribution >= 0.6 is 0 Å². The maximum Gasteiger partial charge on any atom is 0.229 e. The van der Waals surface area contributed by atoms with Crippen molar-refractivity contribution in [2.45, 2.75) is 18.9 Å². The molecule has 6 heteroatoms. The Morgan fingerprint density at radius 2 is 2.10 bits per heavy atom. The van der Waals surface area contributed by atoms with Gasteiger partial charge in [-0.2, -0.15) is 4.98 Å². The van der Waals surface area contributed by atoms with Gasteiger partial charge in [0.1, 0.15) is 17.7 Å². The van der Waals surface area contributed by atoms with Gasteiger partial charge < -0.3 is 20.5 Å². The molecule has 6 nitrogen and oxygen atoms in total. The SMILES string of the molecule is Nc1ccnc(Nc2cccc(OC3CCOCC3)c2)n1. The average molecular weight is 286 g/mol. The van der Waals surface area contributed by atoms with Crippen molar-refractivity contribution in [1.29, 1.82) is 0 Å². The van der Waals surface area contributed by atoms with Crippen molar-refractivity contribution < 1.29 is 9.47 Å². The minimum Gasteiger partial charge on any atom is -0.490 e. The van der Waals surface area contributed by atoms with Crippen LogP contribution in [0.1, 0.15) is 12.8 Å². The molecule has 2 aromatic rings. The van der Waals surface area contributed by atoms with Crippen LogP contribution in [0.2, 0.25) is 0 Å². The number of nitrogen functional groups attached to an aromatic ring is 1. The van der Waals surface area contributed by atoms with E-state index in [4.69, 9.17) is 15.2 Å². The Balaban J connectivity index is 1.67. The van der Waals surface area contributed by atoms with E-state index >= 15 is 0 Å². The van der Waals surface area contributed by atoms with Crippen LogP contribution in [-0.4, -0.2) is 29.3 Å². The molecule has 0 atom stereocenters. The van der Waals surface area contributed by atoms with E-state index in [0.717, 1.165) is 37.5 Å². The first-order chi connectivity index (χ1) is 10.3. The number of aromatic nitrogens is 2. The highest BCUT2D eigenvalue weighted by molar-refractivity contribution is 5.56. The summed E-state index contributed by atoms with van der Waals surface area (Å²) in [5.74, 6) is 1.73. The Morgan fingerprint density at radius 1 is 1.24 bits per heavy atom. The molecule has 0 unspecified atom stereocenters. The minimum atomic E-state index is 0.220. The second kappa shape index (κ2) is 6.41. The Morgan fingerprint density at radius 3 is 2.90 bits per heavy atom. The maximum absolute atomic E-state index is 5.97. The first-order valence-corrected chi connectivity index (χ1v) is 6.99. The van der Waals surface area contributed by atoms with Crippen molar-refractivity contribution in [2.75, 3.05) is 24.3 Å². The van der Waals surface area contributed by atoms with Crippen molar-refractivity contribution >= 4 is 17.5 Å². The van der Waals surface area contributed by atoms with Crippen molar-refractivity contribution in [3.05, 3.63) is 36.5 Å². The summed E-state index contributed by atoms with van der Waals surface area (Å²) in [5.41, 5.74) is 6.50. The summed E-state index contributed by atoms with van der Waals surface area (Å²) in [6.07, 6.45) is 3.69. The Labute approximate surface area is 123 Å². The van der Waals surface area contributed by atoms with E-state index in [0.29, 0.717) is 11.8 Å². The lowest BCUT2D eigenvalue weighted by Gasteiger charge is -2.23. The normalized spacial score (nSPS) is 15.6. The number of benzene rings is 1. The predicted molar refractivity (Wildman–Crippen MR) is 80.6 cm³/mol. The fraction of sp³-hybridized carbons (Fsp3) is 0.333. The number of rotatable bonds is 4. The summed E-state index contributed by atoms with van der Waals surface area (Å²) < 4.78 is 11.3. The van der Waals surface area contributed by atoms with E-state index in [1.165, 1.54) is 0 Å². The van der Waals surface area contributed by atoms with Crippen LogP contribution in [0.25, 0.3) is 0 Å². The number of nitrogens with zero attached hydrogens (tertiary/aromatic N) is 2. The molecular weight excluding hydrogens is 268 g/mol. The van der Waals surface area contributed by atoms with Gasteiger partial charge in [0.2, 0.25) is 5.95 Å². The van der Waals surface area contributed by atoms with Gasteiger partial charge in [0.05, 0.1) is 13.2 Å². The maximum atomic E-state index is 5.97. The lowest BCUT2D eigenvalue weighted by atomic mass is 10.1. The molecule has 0 aliphatic carbocycles. The fourth-order valence-corrected chi connectivity index (χ4v) is 2.20. The lowest BCUT2D eigenvalue weighted by molar-refractivity contribution is 0.0256. The molecule has 0 radical (unpaired) electrons. The van der Waals surface area contributed by atoms with Gasteiger partial charge in [-0.05, 0) is 18.2 Å². The highest BCUT2D eigenvalue weighted by Gasteiger charge is 2.15. The monoisotopic (exact) mass is 286 g/mol. The van der Waals surface area contributed by atoms with Crippen molar-refractivity contribution in [3.8, 4) is 5.75 Å². The molecule has 21 heavy (non-hydrogen) atoms. The second-order valence-corrected chi connectivity index (χ2v) is 4.89. The molecule has 1 aliphatic rings. The van der Waals surface area contributed by atoms with Gasteiger partial charge in [0, 0.05) is 30.8 Å². The summed E-state index contributed by atoms with van der Waals surface area (Å²) in [6.45, 7) is 1.53. The molecule has 0 saturated carbocycles. The zero-order chi connectivity index (χ0) is 14.5. The zero-order valence-electron chi connectivity index (χ0n) is 11.7. The molecule has 2 heterocycles. The van der Waals surface area contributed by atoms with Crippen molar-refractivity contribution in [3.63, 3.8) is 0 Å². The van der Waals surface area contributed by atoms with E-state index < -0.39 is 0 Å². The van der Waals surface area contributed by atoms with E-state index in [-0.39, 0.29) is 6.10 Å². The molecule has 1 aromatic carbocycles. The van der Waals surface area contributed by atoms with Crippen molar-refractivity contribution in [1.82, 2.24) is 9.97 Å². The molecule has 3 N–H and O–H groups in total. The third-order valence-corrected chi connectivity index (χ3v) is 3.24. The highest BCUT2D eigenvalue weighted by atomic mass is 16.5. The third kappa shape index (κ3) is 3.82. The lowest BCUT2D eigenvalue weighted by Crippen LogP contribution is -2.25. The smallest absolute Gasteiger partial charge is 0.229 e. The van der Waals surface area contributed by atoms with Gasteiger partial charge in [0.25, 0.3) is 0 Å². The number of nitrogens with one attached hydrogen (secondary N) is 1. The molecule has 1 saturated heterocycles. The molecule has 1 aliphatic heterocycles. The molecule has 3 rings (SSSR count). The summed E-state index contributed by atoms with van der Waals surface area (Å²) in [7, 11) is 0. The summed E-state index contributed by atoms with van der Waals surface area (Å²) >= 11 is 0. The summed E-state index contributed by atoms with van der Waals surface area (Å²) in [6, 6.07) is 9.39. The van der Waals surface area contributed by atoms with Crippen LogP contribution in [0.15, 0.2) is 36.5 Å². The number of nitrogens with two attached hydrogens (primary N) is 1. The predicted octanol–water partition coefficient (Wildman–Crippen LogP) is 2.36. The molecular formula is C15H18N4O2. The third-order valence-electron chi connectivity index (χ3n) is 3.24. The molecule has 1 aromatic heterocycles. The molecule has 1 fully saturated rings. The van der Waals surface area contributed by atoms with Gasteiger partial charge in [0.15, 0.2) is 0 Å². The van der Waals surface area contributed by atoms with E-state index in [9.17, 15) is 0 Å². The number of ether oxygens (including phenoxy) is 2. The topological polar surface area (TPSA) is 82.3 Å². The Kier molecular flexibility index (Phi) is 4.16. The highest BCUT2D eigenvalue weighted by Crippen LogP contribution is 2.23. The van der Waals surface area contributed by atoms with Crippen LogP contribution in [0.5, 0.6) is 5.75 Å². The molecule has 110 valence electrons. The van der Waals surface area contributed by atoms with Crippen LogP contribution in [0.4, 0.5) is 17.5 Å². The van der Waals surface area contributed by atoms with Gasteiger partial charge in [-0.3, -0.25) is 0 Å². The van der Waals surface area contributed by atoms with Crippen LogP contribution < -0.4 is 15.8 Å². The van der Waals surface area contributed by atoms with Gasteiger partial charge in [-0.1, -0.05) is 6.07 Å².